The molecule has 1 aromatic carbocycles. The van der Waals surface area contributed by atoms with Crippen LogP contribution in [0.1, 0.15) is 30.0 Å². The Kier molecular flexibility index (Phi) is 5.36. The van der Waals surface area contributed by atoms with E-state index >= 15 is 0 Å². The van der Waals surface area contributed by atoms with Crippen molar-refractivity contribution < 1.29 is 17.9 Å². The number of urea groups is 1. The first kappa shape index (κ1) is 19.2. The van der Waals surface area contributed by atoms with E-state index in [0.29, 0.717) is 18.2 Å². The lowest BCUT2D eigenvalue weighted by molar-refractivity contribution is 0.256. The molecule has 1 heterocycles. The molecule has 0 fully saturated rings. The number of hydrogen-bond acceptors (Lipinski definition) is 5. The van der Waals surface area contributed by atoms with E-state index in [-0.39, 0.29) is 0 Å². The second-order valence-electron chi connectivity index (χ2n) is 6.58. The van der Waals surface area contributed by atoms with Crippen molar-refractivity contribution in [1.29, 1.82) is 0 Å². The molecule has 0 unspecified atom stereocenters. The minimum Gasteiger partial charge on any atom is -0.478 e. The number of nitrogens with one attached hydrogen (secondary N) is 2. The number of fused-ring (bicyclic) bond motifs is 1. The van der Waals surface area contributed by atoms with Crippen molar-refractivity contribution in [3.8, 4) is 17.0 Å². The van der Waals surface area contributed by atoms with Gasteiger partial charge in [-0.05, 0) is 61.4 Å². The molecule has 8 heteroatoms. The Morgan fingerprint density at radius 3 is 2.78 bits per heavy atom. The quantitative estimate of drug-likeness (QED) is 0.819. The predicted molar refractivity (Wildman–Crippen MR) is 105 cm³/mol. The Morgan fingerprint density at radius 1 is 1.30 bits per heavy atom. The van der Waals surface area contributed by atoms with Crippen LogP contribution in [-0.2, 0) is 22.9 Å². The van der Waals surface area contributed by atoms with Crippen LogP contribution in [-0.4, -0.2) is 32.3 Å². The minimum atomic E-state index is -3.65. The van der Waals surface area contributed by atoms with Crippen LogP contribution in [0.3, 0.4) is 0 Å². The highest BCUT2D eigenvalue weighted by Gasteiger charge is 2.23. The number of sulfonamides is 1. The number of aromatic nitrogens is 1. The zero-order valence-electron chi connectivity index (χ0n) is 15.6. The summed E-state index contributed by atoms with van der Waals surface area (Å²) in [5.74, 6) is 0.501. The van der Waals surface area contributed by atoms with Crippen molar-refractivity contribution in [3.63, 3.8) is 0 Å². The molecule has 2 amide bonds. The fourth-order valence-corrected chi connectivity index (χ4v) is 3.89. The van der Waals surface area contributed by atoms with Crippen molar-refractivity contribution in [3.05, 3.63) is 41.1 Å². The normalized spacial score (nSPS) is 13.1. The van der Waals surface area contributed by atoms with E-state index in [1.165, 1.54) is 5.56 Å². The number of anilines is 1. The lowest BCUT2D eigenvalue weighted by Crippen LogP contribution is -2.34. The van der Waals surface area contributed by atoms with Crippen LogP contribution in [0.5, 0.6) is 5.88 Å². The molecule has 0 atom stereocenters. The summed E-state index contributed by atoms with van der Waals surface area (Å²) in [6, 6.07) is 5.05. The van der Waals surface area contributed by atoms with Gasteiger partial charge < -0.3 is 10.1 Å². The van der Waals surface area contributed by atoms with Crippen LogP contribution in [0.2, 0.25) is 0 Å². The number of aryl methyl sites for hydroxylation is 2. The zero-order valence-corrected chi connectivity index (χ0v) is 16.4. The van der Waals surface area contributed by atoms with Gasteiger partial charge in [0.2, 0.25) is 15.9 Å². The van der Waals surface area contributed by atoms with Crippen LogP contribution in [0.15, 0.2) is 24.4 Å². The number of carbonyl (C=O) groups is 1. The van der Waals surface area contributed by atoms with Gasteiger partial charge in [-0.25, -0.2) is 22.9 Å². The topological polar surface area (TPSA) is 97.4 Å². The van der Waals surface area contributed by atoms with Gasteiger partial charge in [-0.1, -0.05) is 6.07 Å². The van der Waals surface area contributed by atoms with Gasteiger partial charge in [-0.3, -0.25) is 0 Å². The standard InChI is InChI=1S/C19H23N3O4S/c1-4-26-16-11-14(8-9-20-16)17-12(2)10-13-6-5-7-15(13)18(17)21-19(23)22-27(3,24)25/h8-11H,4-7H2,1-3H3,(H2,21,22,23). The molecule has 0 bridgehead atoms. The Hall–Kier alpha value is -2.61. The van der Waals surface area contributed by atoms with Gasteiger partial charge in [0.05, 0.1) is 18.6 Å². The molecule has 0 saturated heterocycles. The van der Waals surface area contributed by atoms with Crippen LogP contribution in [0.4, 0.5) is 10.5 Å². The van der Waals surface area contributed by atoms with E-state index in [2.05, 4.69) is 16.4 Å². The molecule has 2 N–H and O–H groups in total. The number of hydrogen-bond donors (Lipinski definition) is 2. The van der Waals surface area contributed by atoms with Gasteiger partial charge in [0.15, 0.2) is 0 Å². The summed E-state index contributed by atoms with van der Waals surface area (Å²) in [5.41, 5.74) is 5.59. The lowest BCUT2D eigenvalue weighted by Gasteiger charge is -2.19. The Bertz CT molecular complexity index is 987. The Morgan fingerprint density at radius 2 is 2.07 bits per heavy atom. The number of benzene rings is 1. The third kappa shape index (κ3) is 4.39. The summed E-state index contributed by atoms with van der Waals surface area (Å²) in [4.78, 5) is 16.4. The van der Waals surface area contributed by atoms with Crippen LogP contribution >= 0.6 is 0 Å². The van der Waals surface area contributed by atoms with E-state index < -0.39 is 16.1 Å². The maximum atomic E-state index is 12.3. The van der Waals surface area contributed by atoms with E-state index in [9.17, 15) is 13.2 Å². The number of amides is 2. The number of pyridine rings is 1. The smallest absolute Gasteiger partial charge is 0.332 e. The Balaban J connectivity index is 2.10. The molecular formula is C19H23N3O4S. The van der Waals surface area contributed by atoms with Crippen molar-refractivity contribution in [1.82, 2.24) is 9.71 Å². The average molecular weight is 389 g/mol. The summed E-state index contributed by atoms with van der Waals surface area (Å²) in [7, 11) is -3.65. The summed E-state index contributed by atoms with van der Waals surface area (Å²) in [5, 5.41) is 2.77. The van der Waals surface area contributed by atoms with Gasteiger partial charge in [0.1, 0.15) is 0 Å². The number of ether oxygens (including phenoxy) is 1. The van der Waals surface area contributed by atoms with E-state index in [1.54, 1.807) is 6.20 Å². The number of carbonyl (C=O) groups excluding carboxylic acids is 1. The predicted octanol–water partition coefficient (Wildman–Crippen LogP) is 3.03. The van der Waals surface area contributed by atoms with Crippen LogP contribution in [0.25, 0.3) is 11.1 Å². The van der Waals surface area contributed by atoms with Crippen molar-refractivity contribution in [2.75, 3.05) is 18.2 Å². The van der Waals surface area contributed by atoms with Gasteiger partial charge in [0, 0.05) is 17.8 Å². The molecule has 7 nitrogen and oxygen atoms in total. The van der Waals surface area contributed by atoms with Gasteiger partial charge in [-0.2, -0.15) is 0 Å². The highest BCUT2D eigenvalue weighted by Crippen LogP contribution is 2.40. The van der Waals surface area contributed by atoms with E-state index in [1.807, 2.05) is 30.7 Å². The summed E-state index contributed by atoms with van der Waals surface area (Å²) >= 11 is 0. The SMILES string of the molecule is CCOc1cc(-c2c(C)cc3c(c2NC(=O)NS(C)(=O)=O)CCC3)ccn1. The summed E-state index contributed by atoms with van der Waals surface area (Å²) in [6.07, 6.45) is 5.39. The minimum absolute atomic E-state index is 0.501. The maximum absolute atomic E-state index is 12.3. The van der Waals surface area contributed by atoms with E-state index in [4.69, 9.17) is 4.74 Å². The molecule has 1 aliphatic rings. The molecule has 144 valence electrons. The van der Waals surface area contributed by atoms with Crippen LogP contribution in [0, 0.1) is 6.92 Å². The average Bonchev–Trinajstić information content (AvgIpc) is 3.02. The molecule has 0 aliphatic heterocycles. The fourth-order valence-electron chi connectivity index (χ4n) is 3.50. The molecule has 0 spiro atoms. The zero-order chi connectivity index (χ0) is 19.6. The second-order valence-corrected chi connectivity index (χ2v) is 8.33. The maximum Gasteiger partial charge on any atom is 0.332 e. The highest BCUT2D eigenvalue weighted by atomic mass is 32.2. The number of nitrogens with zero attached hydrogens (tertiary/aromatic N) is 1. The van der Waals surface area contributed by atoms with Crippen molar-refractivity contribution in [2.24, 2.45) is 0 Å². The molecule has 27 heavy (non-hydrogen) atoms. The number of rotatable bonds is 5. The fraction of sp³-hybridized carbons (Fsp3) is 0.368. The first-order valence-electron chi connectivity index (χ1n) is 8.82. The van der Waals surface area contributed by atoms with E-state index in [0.717, 1.165) is 47.8 Å². The van der Waals surface area contributed by atoms with Gasteiger partial charge >= 0.3 is 6.03 Å². The molecule has 1 aliphatic carbocycles. The molecular weight excluding hydrogens is 366 g/mol. The molecule has 0 saturated carbocycles. The summed E-state index contributed by atoms with van der Waals surface area (Å²) < 4.78 is 30.3. The second kappa shape index (κ2) is 7.56. The third-order valence-electron chi connectivity index (χ3n) is 4.43. The molecule has 3 rings (SSSR count). The van der Waals surface area contributed by atoms with Gasteiger partial charge in [-0.15, -0.1) is 0 Å². The van der Waals surface area contributed by atoms with Gasteiger partial charge in [0.25, 0.3) is 0 Å². The third-order valence-corrected chi connectivity index (χ3v) is 4.99. The lowest BCUT2D eigenvalue weighted by atomic mass is 9.93. The highest BCUT2D eigenvalue weighted by molar-refractivity contribution is 7.89. The Labute approximate surface area is 159 Å². The largest absolute Gasteiger partial charge is 0.478 e. The first-order chi connectivity index (χ1) is 12.8. The van der Waals surface area contributed by atoms with Crippen molar-refractivity contribution >= 4 is 21.7 Å². The summed E-state index contributed by atoms with van der Waals surface area (Å²) in [6.45, 7) is 4.37. The monoisotopic (exact) mass is 389 g/mol. The first-order valence-corrected chi connectivity index (χ1v) is 10.7. The van der Waals surface area contributed by atoms with Crippen molar-refractivity contribution in [2.45, 2.75) is 33.1 Å². The molecule has 1 aromatic heterocycles. The molecule has 2 aromatic rings. The van der Waals surface area contributed by atoms with Crippen LogP contribution < -0.4 is 14.8 Å². The molecule has 0 radical (unpaired) electrons.